The summed E-state index contributed by atoms with van der Waals surface area (Å²) in [5, 5.41) is 4.38. The molecule has 21 heavy (non-hydrogen) atoms. The SMILES string of the molecule is NC(Cc1cncc(Br)c1)c1cnn(-c2ccccc2)c1. The average Bonchev–Trinajstić information content (AvgIpc) is 2.98. The molecule has 1 unspecified atom stereocenters. The minimum atomic E-state index is -0.0986. The molecule has 0 bridgehead atoms. The summed E-state index contributed by atoms with van der Waals surface area (Å²) in [6.07, 6.45) is 8.14. The van der Waals surface area contributed by atoms with Gasteiger partial charge < -0.3 is 5.73 Å². The van der Waals surface area contributed by atoms with Crippen LogP contribution >= 0.6 is 15.9 Å². The van der Waals surface area contributed by atoms with Gasteiger partial charge in [0.2, 0.25) is 0 Å². The van der Waals surface area contributed by atoms with Crippen LogP contribution in [0.3, 0.4) is 0 Å². The first-order valence-electron chi connectivity index (χ1n) is 6.67. The van der Waals surface area contributed by atoms with Crippen LogP contribution in [0.25, 0.3) is 5.69 Å². The van der Waals surface area contributed by atoms with E-state index in [9.17, 15) is 0 Å². The molecule has 0 saturated heterocycles. The minimum Gasteiger partial charge on any atom is -0.324 e. The minimum absolute atomic E-state index is 0.0986. The van der Waals surface area contributed by atoms with E-state index >= 15 is 0 Å². The molecule has 1 atom stereocenters. The second-order valence-corrected chi connectivity index (χ2v) is 5.79. The van der Waals surface area contributed by atoms with Crippen LogP contribution in [0.15, 0.2) is 65.7 Å². The smallest absolute Gasteiger partial charge is 0.0645 e. The Morgan fingerprint density at radius 3 is 2.71 bits per heavy atom. The van der Waals surface area contributed by atoms with Gasteiger partial charge in [0.15, 0.2) is 0 Å². The first-order valence-corrected chi connectivity index (χ1v) is 7.46. The number of hydrogen-bond donors (Lipinski definition) is 1. The summed E-state index contributed by atoms with van der Waals surface area (Å²) < 4.78 is 2.81. The molecule has 0 spiro atoms. The van der Waals surface area contributed by atoms with Gasteiger partial charge in [0, 0.05) is 34.7 Å². The van der Waals surface area contributed by atoms with Crippen molar-refractivity contribution >= 4 is 15.9 Å². The fraction of sp³-hybridized carbons (Fsp3) is 0.125. The lowest BCUT2D eigenvalue weighted by molar-refractivity contribution is 0.719. The highest BCUT2D eigenvalue weighted by atomic mass is 79.9. The van der Waals surface area contributed by atoms with E-state index in [2.05, 4.69) is 26.0 Å². The van der Waals surface area contributed by atoms with Crippen molar-refractivity contribution < 1.29 is 0 Å². The molecule has 3 aromatic rings. The molecule has 0 fully saturated rings. The Balaban J connectivity index is 1.77. The van der Waals surface area contributed by atoms with Crippen LogP contribution in [-0.4, -0.2) is 14.8 Å². The molecule has 0 aliphatic heterocycles. The zero-order valence-electron chi connectivity index (χ0n) is 11.4. The van der Waals surface area contributed by atoms with Crippen molar-refractivity contribution in [1.82, 2.24) is 14.8 Å². The predicted molar refractivity (Wildman–Crippen MR) is 86.1 cm³/mol. The molecular formula is C16H15BrN4. The average molecular weight is 343 g/mol. The van der Waals surface area contributed by atoms with E-state index in [1.807, 2.05) is 59.7 Å². The van der Waals surface area contributed by atoms with E-state index in [0.29, 0.717) is 0 Å². The molecule has 0 amide bonds. The van der Waals surface area contributed by atoms with Crippen molar-refractivity contribution in [3.63, 3.8) is 0 Å². The lowest BCUT2D eigenvalue weighted by Crippen LogP contribution is -2.12. The van der Waals surface area contributed by atoms with Crippen molar-refractivity contribution in [1.29, 1.82) is 0 Å². The van der Waals surface area contributed by atoms with Crippen LogP contribution in [0.4, 0.5) is 0 Å². The highest BCUT2D eigenvalue weighted by Gasteiger charge is 2.11. The van der Waals surface area contributed by atoms with Gasteiger partial charge in [-0.05, 0) is 46.1 Å². The van der Waals surface area contributed by atoms with E-state index in [-0.39, 0.29) is 6.04 Å². The fourth-order valence-electron chi connectivity index (χ4n) is 2.19. The van der Waals surface area contributed by atoms with Crippen LogP contribution in [-0.2, 0) is 6.42 Å². The normalized spacial score (nSPS) is 12.3. The summed E-state index contributed by atoms with van der Waals surface area (Å²) in [5.41, 5.74) is 9.41. The number of nitrogens with zero attached hydrogens (tertiary/aromatic N) is 3. The van der Waals surface area contributed by atoms with Crippen molar-refractivity contribution in [2.45, 2.75) is 12.5 Å². The summed E-state index contributed by atoms with van der Waals surface area (Å²) in [6.45, 7) is 0. The first-order chi connectivity index (χ1) is 10.2. The zero-order chi connectivity index (χ0) is 14.7. The largest absolute Gasteiger partial charge is 0.324 e. The molecule has 2 N–H and O–H groups in total. The summed E-state index contributed by atoms with van der Waals surface area (Å²) in [6, 6.07) is 11.9. The maximum atomic E-state index is 6.27. The summed E-state index contributed by atoms with van der Waals surface area (Å²) in [4.78, 5) is 4.16. The maximum absolute atomic E-state index is 6.27. The summed E-state index contributed by atoms with van der Waals surface area (Å²) >= 11 is 3.42. The molecule has 5 heteroatoms. The van der Waals surface area contributed by atoms with Gasteiger partial charge in [-0.3, -0.25) is 4.98 Å². The van der Waals surface area contributed by atoms with Crippen LogP contribution in [0.1, 0.15) is 17.2 Å². The topological polar surface area (TPSA) is 56.7 Å². The highest BCUT2D eigenvalue weighted by molar-refractivity contribution is 9.10. The molecule has 2 heterocycles. The third-order valence-electron chi connectivity index (χ3n) is 3.27. The number of hydrogen-bond acceptors (Lipinski definition) is 3. The Morgan fingerprint density at radius 1 is 1.14 bits per heavy atom. The van der Waals surface area contributed by atoms with E-state index in [4.69, 9.17) is 5.73 Å². The number of para-hydroxylation sites is 1. The Kier molecular flexibility index (Phi) is 4.13. The van der Waals surface area contributed by atoms with E-state index in [1.165, 1.54) is 0 Å². The zero-order valence-corrected chi connectivity index (χ0v) is 12.9. The molecule has 0 aliphatic rings. The van der Waals surface area contributed by atoms with Crippen molar-refractivity contribution in [3.8, 4) is 5.69 Å². The Morgan fingerprint density at radius 2 is 1.95 bits per heavy atom. The van der Waals surface area contributed by atoms with Crippen LogP contribution < -0.4 is 5.73 Å². The van der Waals surface area contributed by atoms with Gasteiger partial charge >= 0.3 is 0 Å². The van der Waals surface area contributed by atoms with E-state index < -0.39 is 0 Å². The molecule has 0 saturated carbocycles. The Hall–Kier alpha value is -1.98. The lowest BCUT2D eigenvalue weighted by atomic mass is 10.0. The van der Waals surface area contributed by atoms with Gasteiger partial charge in [-0.1, -0.05) is 18.2 Å². The fourth-order valence-corrected chi connectivity index (χ4v) is 2.60. The molecule has 4 nitrogen and oxygen atoms in total. The molecule has 106 valence electrons. The third-order valence-corrected chi connectivity index (χ3v) is 3.70. The van der Waals surface area contributed by atoms with Crippen molar-refractivity contribution in [2.75, 3.05) is 0 Å². The first kappa shape index (κ1) is 14.0. The number of pyridine rings is 1. The van der Waals surface area contributed by atoms with Gasteiger partial charge in [0.05, 0.1) is 11.9 Å². The van der Waals surface area contributed by atoms with Gasteiger partial charge in [-0.2, -0.15) is 5.10 Å². The van der Waals surface area contributed by atoms with E-state index in [1.54, 1.807) is 6.20 Å². The van der Waals surface area contributed by atoms with Crippen molar-refractivity contribution in [3.05, 3.63) is 76.8 Å². The van der Waals surface area contributed by atoms with Crippen molar-refractivity contribution in [2.24, 2.45) is 5.73 Å². The molecule has 0 radical (unpaired) electrons. The van der Waals surface area contributed by atoms with Gasteiger partial charge in [-0.15, -0.1) is 0 Å². The van der Waals surface area contributed by atoms with Gasteiger partial charge in [0.1, 0.15) is 0 Å². The second-order valence-electron chi connectivity index (χ2n) is 4.88. The van der Waals surface area contributed by atoms with Crippen LogP contribution in [0.5, 0.6) is 0 Å². The standard InChI is InChI=1S/C16H15BrN4/c17-14-6-12(8-19-10-14)7-16(18)13-9-20-21(11-13)15-4-2-1-3-5-15/h1-6,8-11,16H,7,18H2. The number of nitrogens with two attached hydrogens (primary N) is 1. The molecule has 1 aromatic carbocycles. The molecule has 3 rings (SSSR count). The Bertz CT molecular complexity index is 724. The number of rotatable bonds is 4. The van der Waals surface area contributed by atoms with Crippen LogP contribution in [0.2, 0.25) is 0 Å². The van der Waals surface area contributed by atoms with Gasteiger partial charge in [-0.25, -0.2) is 4.68 Å². The Labute approximate surface area is 131 Å². The second kappa shape index (κ2) is 6.20. The lowest BCUT2D eigenvalue weighted by Gasteiger charge is -2.09. The third kappa shape index (κ3) is 3.37. The van der Waals surface area contributed by atoms with Crippen LogP contribution in [0, 0.1) is 0 Å². The number of aromatic nitrogens is 3. The van der Waals surface area contributed by atoms with E-state index in [0.717, 1.165) is 27.7 Å². The number of benzene rings is 1. The predicted octanol–water partition coefficient (Wildman–Crippen LogP) is 3.27. The summed E-state index contributed by atoms with van der Waals surface area (Å²) in [5.74, 6) is 0. The van der Waals surface area contributed by atoms with Gasteiger partial charge in [0.25, 0.3) is 0 Å². The monoisotopic (exact) mass is 342 g/mol. The molecular weight excluding hydrogens is 328 g/mol. The maximum Gasteiger partial charge on any atom is 0.0645 e. The number of halogens is 1. The summed E-state index contributed by atoms with van der Waals surface area (Å²) in [7, 11) is 0. The quantitative estimate of drug-likeness (QED) is 0.791. The molecule has 0 aliphatic carbocycles. The molecule has 2 aromatic heterocycles. The highest BCUT2D eigenvalue weighted by Crippen LogP contribution is 2.18.